The van der Waals surface area contributed by atoms with Crippen LogP contribution in [-0.4, -0.2) is 39.2 Å². The van der Waals surface area contributed by atoms with Crippen molar-refractivity contribution in [3.8, 4) is 16.9 Å². The summed E-state index contributed by atoms with van der Waals surface area (Å²) in [5.74, 6) is -4.33. The van der Waals surface area contributed by atoms with Gasteiger partial charge in [-0.2, -0.15) is 4.39 Å². The van der Waals surface area contributed by atoms with Gasteiger partial charge < -0.3 is 15.3 Å². The number of benzene rings is 1. The van der Waals surface area contributed by atoms with E-state index in [2.05, 4.69) is 15.3 Å². The van der Waals surface area contributed by atoms with E-state index in [0.717, 1.165) is 17.2 Å². The van der Waals surface area contributed by atoms with E-state index in [9.17, 15) is 23.9 Å². The van der Waals surface area contributed by atoms with Crippen LogP contribution in [0.15, 0.2) is 36.5 Å². The number of hydrogen-bond acceptors (Lipinski definition) is 6. The van der Waals surface area contributed by atoms with Gasteiger partial charge in [0, 0.05) is 23.0 Å². The summed E-state index contributed by atoms with van der Waals surface area (Å²) in [6, 6.07) is 6.55. The van der Waals surface area contributed by atoms with Crippen LogP contribution in [0.25, 0.3) is 11.1 Å². The van der Waals surface area contributed by atoms with Crippen LogP contribution >= 0.6 is 0 Å². The Morgan fingerprint density at radius 2 is 1.94 bits per heavy atom. The van der Waals surface area contributed by atoms with Gasteiger partial charge in [-0.05, 0) is 45.0 Å². The predicted molar refractivity (Wildman–Crippen MR) is 120 cm³/mol. The highest BCUT2D eigenvalue weighted by Crippen LogP contribution is 2.41. The van der Waals surface area contributed by atoms with E-state index in [-0.39, 0.29) is 51.0 Å². The van der Waals surface area contributed by atoms with Crippen molar-refractivity contribution in [3.63, 3.8) is 0 Å². The van der Waals surface area contributed by atoms with Gasteiger partial charge in [0.2, 0.25) is 17.8 Å². The first kappa shape index (κ1) is 23.0. The van der Waals surface area contributed by atoms with Crippen molar-refractivity contribution >= 4 is 29.0 Å². The molecule has 1 aliphatic rings. The quantitative estimate of drug-likeness (QED) is 0.448. The Balaban J connectivity index is 1.73. The van der Waals surface area contributed by atoms with E-state index in [0.29, 0.717) is 0 Å². The normalized spacial score (nSPS) is 14.8. The zero-order valence-electron chi connectivity index (χ0n) is 18.5. The van der Waals surface area contributed by atoms with Crippen molar-refractivity contribution in [3.05, 3.63) is 65.2 Å². The van der Waals surface area contributed by atoms with Crippen molar-refractivity contribution in [2.24, 2.45) is 0 Å². The number of nitrogens with zero attached hydrogens (tertiary/aromatic N) is 3. The first-order valence-corrected chi connectivity index (χ1v) is 10.3. The number of phenols is 1. The lowest BCUT2D eigenvalue weighted by atomic mass is 9.98. The number of carbonyl (C=O) groups excluding carboxylic acids is 3. The molecule has 2 amide bonds. The lowest BCUT2D eigenvalue weighted by Crippen LogP contribution is -2.40. The Kier molecular flexibility index (Phi) is 5.82. The Labute approximate surface area is 193 Å². The number of aryl methyl sites for hydroxylation is 1. The molecular weight excluding hydrogens is 446 g/mol. The lowest BCUT2D eigenvalue weighted by Gasteiger charge is -2.24. The molecule has 0 saturated heterocycles. The molecule has 1 aromatic carbocycles. The van der Waals surface area contributed by atoms with E-state index in [1.165, 1.54) is 38.1 Å². The van der Waals surface area contributed by atoms with Crippen LogP contribution in [0.3, 0.4) is 0 Å². The third-order valence-corrected chi connectivity index (χ3v) is 5.54. The maximum absolute atomic E-state index is 15.0. The largest absolute Gasteiger partial charge is 0.507 e. The summed E-state index contributed by atoms with van der Waals surface area (Å²) < 4.78 is 29.0. The highest BCUT2D eigenvalue weighted by atomic mass is 19.1. The molecule has 8 nitrogen and oxygen atoms in total. The molecule has 2 aromatic heterocycles. The number of fused-ring (bicyclic) bond motifs is 3. The number of halogens is 2. The van der Waals surface area contributed by atoms with E-state index >= 15 is 4.39 Å². The highest BCUT2D eigenvalue weighted by Gasteiger charge is 2.36. The number of pyridine rings is 2. The molecule has 0 aliphatic carbocycles. The molecule has 0 fully saturated rings. The highest BCUT2D eigenvalue weighted by molar-refractivity contribution is 6.09. The fourth-order valence-electron chi connectivity index (χ4n) is 3.96. The van der Waals surface area contributed by atoms with E-state index in [4.69, 9.17) is 0 Å². The van der Waals surface area contributed by atoms with Gasteiger partial charge in [0.05, 0.1) is 34.6 Å². The van der Waals surface area contributed by atoms with Gasteiger partial charge in [-0.15, -0.1) is 0 Å². The molecule has 10 heteroatoms. The summed E-state index contributed by atoms with van der Waals surface area (Å²) in [6.45, 7) is 3.88. The van der Waals surface area contributed by atoms with Crippen LogP contribution in [0.1, 0.15) is 41.5 Å². The molecule has 1 aliphatic heterocycles. The topological polar surface area (TPSA) is 112 Å². The van der Waals surface area contributed by atoms with Gasteiger partial charge in [0.25, 0.3) is 0 Å². The Morgan fingerprint density at radius 1 is 1.21 bits per heavy atom. The van der Waals surface area contributed by atoms with E-state index in [1.807, 2.05) is 0 Å². The SMILES string of the molecule is CC(=O)c1ccc(NC(=O)CN2C(=O)C(C)c3ncc(F)cc3-c3c2cc(C)nc3F)cc1O. The number of hydrogen-bond donors (Lipinski definition) is 2. The molecular formula is C24H20F2N4O4. The van der Waals surface area contributed by atoms with Crippen LogP contribution in [0.5, 0.6) is 5.75 Å². The predicted octanol–water partition coefficient (Wildman–Crippen LogP) is 3.73. The Morgan fingerprint density at radius 3 is 2.62 bits per heavy atom. The number of Topliss-reactive ketones (excluding diaryl/α,β-unsaturated/α-hetero) is 1. The average Bonchev–Trinajstić information content (AvgIpc) is 2.83. The third-order valence-electron chi connectivity index (χ3n) is 5.54. The number of amides is 2. The van der Waals surface area contributed by atoms with Gasteiger partial charge >= 0.3 is 0 Å². The smallest absolute Gasteiger partial charge is 0.244 e. The monoisotopic (exact) mass is 466 g/mol. The molecule has 174 valence electrons. The minimum atomic E-state index is -0.916. The van der Waals surface area contributed by atoms with E-state index < -0.39 is 36.0 Å². The van der Waals surface area contributed by atoms with Gasteiger partial charge in [-0.1, -0.05) is 0 Å². The molecule has 3 aromatic rings. The van der Waals surface area contributed by atoms with Gasteiger partial charge in [0.1, 0.15) is 18.1 Å². The molecule has 2 N–H and O–H groups in total. The number of aromatic hydroxyl groups is 1. The summed E-state index contributed by atoms with van der Waals surface area (Å²) in [4.78, 5) is 46.6. The van der Waals surface area contributed by atoms with Crippen molar-refractivity contribution in [1.82, 2.24) is 9.97 Å². The number of aromatic nitrogens is 2. The van der Waals surface area contributed by atoms with Crippen molar-refractivity contribution in [2.45, 2.75) is 26.7 Å². The van der Waals surface area contributed by atoms with Gasteiger partial charge in [-0.3, -0.25) is 19.4 Å². The number of carbonyl (C=O) groups is 3. The zero-order valence-corrected chi connectivity index (χ0v) is 18.5. The van der Waals surface area contributed by atoms with Crippen LogP contribution in [0.2, 0.25) is 0 Å². The lowest BCUT2D eigenvalue weighted by molar-refractivity contribution is -0.122. The molecule has 1 atom stereocenters. The molecule has 4 rings (SSSR count). The fraction of sp³-hybridized carbons (Fsp3) is 0.208. The number of anilines is 2. The second-order valence-electron chi connectivity index (χ2n) is 8.02. The molecule has 34 heavy (non-hydrogen) atoms. The van der Waals surface area contributed by atoms with Crippen LogP contribution in [-0.2, 0) is 9.59 Å². The number of rotatable bonds is 4. The van der Waals surface area contributed by atoms with Crippen LogP contribution < -0.4 is 10.2 Å². The van der Waals surface area contributed by atoms with Gasteiger partial charge in [-0.25, -0.2) is 9.37 Å². The first-order valence-electron chi connectivity index (χ1n) is 10.3. The summed E-state index contributed by atoms with van der Waals surface area (Å²) in [5, 5.41) is 12.6. The minimum absolute atomic E-state index is 0.0675. The summed E-state index contributed by atoms with van der Waals surface area (Å²) in [6.07, 6.45) is 0.946. The van der Waals surface area contributed by atoms with Crippen molar-refractivity contribution < 1.29 is 28.3 Å². The zero-order chi connectivity index (χ0) is 24.7. The molecule has 3 heterocycles. The van der Waals surface area contributed by atoms with E-state index in [1.54, 1.807) is 6.92 Å². The molecule has 1 unspecified atom stereocenters. The summed E-state index contributed by atoms with van der Waals surface area (Å²) in [5.41, 5.74) is 0.768. The molecule has 0 bridgehead atoms. The number of nitrogens with one attached hydrogen (secondary N) is 1. The number of ketones is 1. The first-order chi connectivity index (χ1) is 16.1. The summed E-state index contributed by atoms with van der Waals surface area (Å²) in [7, 11) is 0. The second-order valence-corrected chi connectivity index (χ2v) is 8.02. The molecule has 0 saturated carbocycles. The van der Waals surface area contributed by atoms with Crippen molar-refractivity contribution in [1.29, 1.82) is 0 Å². The maximum Gasteiger partial charge on any atom is 0.244 e. The van der Waals surface area contributed by atoms with Gasteiger partial charge in [0.15, 0.2) is 5.78 Å². The second kappa shape index (κ2) is 8.62. The third kappa shape index (κ3) is 4.09. The Bertz CT molecular complexity index is 1360. The van der Waals surface area contributed by atoms with Crippen molar-refractivity contribution in [2.75, 3.05) is 16.8 Å². The minimum Gasteiger partial charge on any atom is -0.507 e. The summed E-state index contributed by atoms with van der Waals surface area (Å²) >= 11 is 0. The fourth-order valence-corrected chi connectivity index (χ4v) is 3.96. The Hall–Kier alpha value is -4.21. The maximum atomic E-state index is 15.0. The van der Waals surface area contributed by atoms with Crippen LogP contribution in [0, 0.1) is 18.7 Å². The van der Waals surface area contributed by atoms with Crippen LogP contribution in [0.4, 0.5) is 20.2 Å². The average molecular weight is 466 g/mol. The molecule has 0 spiro atoms. The number of phenolic OH excluding ortho intramolecular Hbond substituents is 1. The molecule has 0 radical (unpaired) electrons. The standard InChI is InChI=1S/C24H20F2N4O4/c1-11-6-18-21(23(26)28-11)17-7-14(25)9-27-22(17)12(2)24(34)30(18)10-20(33)29-15-4-5-16(13(3)31)19(32)8-15/h4-9,12,32H,10H2,1-3H3,(H,29,33).